The molecule has 4 rings (SSSR count). The van der Waals surface area contributed by atoms with Gasteiger partial charge in [0.05, 0.1) is 0 Å². The van der Waals surface area contributed by atoms with Crippen LogP contribution in [0.4, 0.5) is 0 Å². The smallest absolute Gasteiger partial charge is 0.245 e. The minimum atomic E-state index is -0.672. The highest BCUT2D eigenvalue weighted by atomic mass is 32.1. The number of hydrogen-bond donors (Lipinski definition) is 2. The Balaban J connectivity index is 1.43. The summed E-state index contributed by atoms with van der Waals surface area (Å²) in [5.41, 5.74) is 4.41. The van der Waals surface area contributed by atoms with Crippen molar-refractivity contribution in [2.75, 3.05) is 13.6 Å². The molecule has 2 atom stereocenters. The second-order valence-corrected chi connectivity index (χ2v) is 10.3. The van der Waals surface area contributed by atoms with Gasteiger partial charge in [-0.05, 0) is 54.2 Å². The standard InChI is InChI=1S/C31H36N4O2S/c1-23-12-9-10-17-26(23)21-32-31(38)35-19-11-18-28(35)29(36)33-27(20-24-13-5-3-6-14-24)30(37)34(2)22-25-15-7-4-8-16-25/h3-10,12-17,27-28H,11,18-22H2,1-2H3,(H,32,38)(H,33,36)/t27-,28-/m0/s1. The largest absolute Gasteiger partial charge is 0.358 e. The molecule has 3 aromatic carbocycles. The maximum Gasteiger partial charge on any atom is 0.245 e. The summed E-state index contributed by atoms with van der Waals surface area (Å²) in [5, 5.41) is 6.98. The third-order valence-corrected chi connectivity index (χ3v) is 7.42. The van der Waals surface area contributed by atoms with Crippen LogP contribution in [0.3, 0.4) is 0 Å². The van der Waals surface area contributed by atoms with E-state index in [9.17, 15) is 9.59 Å². The number of carbonyl (C=O) groups is 2. The molecule has 6 nitrogen and oxygen atoms in total. The fourth-order valence-corrected chi connectivity index (χ4v) is 5.17. The number of nitrogens with zero attached hydrogens (tertiary/aromatic N) is 2. The lowest BCUT2D eigenvalue weighted by atomic mass is 10.0. The summed E-state index contributed by atoms with van der Waals surface area (Å²) in [5.74, 6) is -0.277. The topological polar surface area (TPSA) is 64.7 Å². The zero-order valence-electron chi connectivity index (χ0n) is 22.1. The molecule has 1 heterocycles. The first-order chi connectivity index (χ1) is 18.4. The van der Waals surface area contributed by atoms with Crippen molar-refractivity contribution in [3.05, 3.63) is 107 Å². The van der Waals surface area contributed by atoms with E-state index in [1.807, 2.05) is 77.7 Å². The molecule has 38 heavy (non-hydrogen) atoms. The lowest BCUT2D eigenvalue weighted by Crippen LogP contribution is -2.55. The molecule has 0 unspecified atom stereocenters. The summed E-state index contributed by atoms with van der Waals surface area (Å²) in [6, 6.07) is 26.8. The van der Waals surface area contributed by atoms with Crippen molar-refractivity contribution in [3.8, 4) is 0 Å². The Morgan fingerprint density at radius 2 is 1.61 bits per heavy atom. The Hall–Kier alpha value is -3.71. The number of aryl methyl sites for hydroxylation is 1. The summed E-state index contributed by atoms with van der Waals surface area (Å²) in [6.45, 7) is 3.87. The van der Waals surface area contributed by atoms with Crippen LogP contribution >= 0.6 is 12.2 Å². The Labute approximate surface area is 231 Å². The first-order valence-corrected chi connectivity index (χ1v) is 13.6. The van der Waals surface area contributed by atoms with Crippen molar-refractivity contribution >= 4 is 29.1 Å². The van der Waals surface area contributed by atoms with Gasteiger partial charge in [0.2, 0.25) is 11.8 Å². The van der Waals surface area contributed by atoms with Crippen LogP contribution in [0.15, 0.2) is 84.9 Å². The van der Waals surface area contributed by atoms with Crippen molar-refractivity contribution in [1.82, 2.24) is 20.4 Å². The van der Waals surface area contributed by atoms with Crippen molar-refractivity contribution in [3.63, 3.8) is 0 Å². The van der Waals surface area contributed by atoms with Gasteiger partial charge >= 0.3 is 0 Å². The molecule has 0 saturated carbocycles. The predicted octanol–water partition coefficient (Wildman–Crippen LogP) is 4.22. The van der Waals surface area contributed by atoms with E-state index < -0.39 is 12.1 Å². The molecule has 0 radical (unpaired) electrons. The lowest BCUT2D eigenvalue weighted by Gasteiger charge is -2.30. The predicted molar refractivity (Wildman–Crippen MR) is 155 cm³/mol. The van der Waals surface area contributed by atoms with E-state index in [0.717, 1.165) is 17.5 Å². The Kier molecular flexibility index (Phi) is 9.49. The number of likely N-dealkylation sites (N-methyl/N-ethyl adjacent to an activating group) is 1. The van der Waals surface area contributed by atoms with Crippen LogP contribution in [0, 0.1) is 6.92 Å². The van der Waals surface area contributed by atoms with Crippen LogP contribution in [0.5, 0.6) is 0 Å². The molecule has 0 aliphatic carbocycles. The Morgan fingerprint density at radius 3 is 2.29 bits per heavy atom. The second kappa shape index (κ2) is 13.2. The van der Waals surface area contributed by atoms with Crippen molar-refractivity contribution in [2.24, 2.45) is 0 Å². The number of benzene rings is 3. The summed E-state index contributed by atoms with van der Waals surface area (Å²) in [4.78, 5) is 30.8. The van der Waals surface area contributed by atoms with Crippen LogP contribution in [0.25, 0.3) is 0 Å². The van der Waals surface area contributed by atoms with E-state index in [1.165, 1.54) is 11.1 Å². The first-order valence-electron chi connectivity index (χ1n) is 13.1. The van der Waals surface area contributed by atoms with Crippen molar-refractivity contribution in [1.29, 1.82) is 0 Å². The van der Waals surface area contributed by atoms with Gasteiger partial charge in [0.25, 0.3) is 0 Å². The van der Waals surface area contributed by atoms with Gasteiger partial charge in [0, 0.05) is 33.1 Å². The molecule has 1 aliphatic heterocycles. The Bertz CT molecular complexity index is 1230. The normalized spacial score (nSPS) is 15.5. The average molecular weight is 529 g/mol. The fraction of sp³-hybridized carbons (Fsp3) is 0.323. The fourth-order valence-electron chi connectivity index (χ4n) is 4.88. The molecular weight excluding hydrogens is 492 g/mol. The molecule has 198 valence electrons. The molecule has 0 bridgehead atoms. The molecule has 0 spiro atoms. The molecule has 1 fully saturated rings. The maximum atomic E-state index is 13.6. The number of amides is 2. The third-order valence-electron chi connectivity index (χ3n) is 7.04. The molecule has 1 saturated heterocycles. The maximum absolute atomic E-state index is 13.6. The average Bonchev–Trinajstić information content (AvgIpc) is 3.43. The zero-order chi connectivity index (χ0) is 26.9. The monoisotopic (exact) mass is 528 g/mol. The van der Waals surface area contributed by atoms with Crippen LogP contribution < -0.4 is 10.6 Å². The molecule has 2 amide bonds. The van der Waals surface area contributed by atoms with Gasteiger partial charge in [0.15, 0.2) is 5.11 Å². The summed E-state index contributed by atoms with van der Waals surface area (Å²) in [6.07, 6.45) is 1.99. The highest BCUT2D eigenvalue weighted by Gasteiger charge is 2.35. The molecule has 2 N–H and O–H groups in total. The van der Waals surface area contributed by atoms with Crippen LogP contribution in [-0.2, 0) is 29.1 Å². The second-order valence-electron chi connectivity index (χ2n) is 9.87. The van der Waals surface area contributed by atoms with Gasteiger partial charge in [-0.15, -0.1) is 0 Å². The van der Waals surface area contributed by atoms with Crippen LogP contribution in [0.2, 0.25) is 0 Å². The van der Waals surface area contributed by atoms with E-state index in [0.29, 0.717) is 37.6 Å². The number of hydrogen-bond acceptors (Lipinski definition) is 3. The SMILES string of the molecule is Cc1ccccc1CNC(=S)N1CCC[C@H]1C(=O)N[C@@H](Cc1ccccc1)C(=O)N(C)Cc1ccccc1. The Morgan fingerprint density at radius 1 is 0.974 bits per heavy atom. The first kappa shape index (κ1) is 27.3. The minimum absolute atomic E-state index is 0.115. The quantitative estimate of drug-likeness (QED) is 0.407. The summed E-state index contributed by atoms with van der Waals surface area (Å²) in [7, 11) is 1.78. The van der Waals surface area contributed by atoms with Gasteiger partial charge < -0.3 is 20.4 Å². The highest BCUT2D eigenvalue weighted by molar-refractivity contribution is 7.80. The number of carbonyl (C=O) groups excluding carboxylic acids is 2. The van der Waals surface area contributed by atoms with E-state index in [-0.39, 0.29) is 11.8 Å². The van der Waals surface area contributed by atoms with E-state index in [4.69, 9.17) is 12.2 Å². The minimum Gasteiger partial charge on any atom is -0.358 e. The molecule has 3 aromatic rings. The number of nitrogens with one attached hydrogen (secondary N) is 2. The lowest BCUT2D eigenvalue weighted by molar-refractivity contribution is -0.136. The van der Waals surface area contributed by atoms with Gasteiger partial charge in [-0.2, -0.15) is 0 Å². The van der Waals surface area contributed by atoms with Gasteiger partial charge in [-0.1, -0.05) is 84.9 Å². The van der Waals surface area contributed by atoms with Gasteiger partial charge in [-0.3, -0.25) is 9.59 Å². The summed E-state index contributed by atoms with van der Waals surface area (Å²) < 4.78 is 0. The molecule has 0 aromatic heterocycles. The van der Waals surface area contributed by atoms with Crippen molar-refractivity contribution in [2.45, 2.75) is 51.4 Å². The number of likely N-dealkylation sites (tertiary alicyclic amines) is 1. The zero-order valence-corrected chi connectivity index (χ0v) is 22.9. The van der Waals surface area contributed by atoms with Crippen LogP contribution in [0.1, 0.15) is 35.1 Å². The third kappa shape index (κ3) is 7.19. The van der Waals surface area contributed by atoms with Crippen LogP contribution in [-0.4, -0.2) is 52.4 Å². The number of thiocarbonyl (C=S) groups is 1. The van der Waals surface area contributed by atoms with Gasteiger partial charge in [0.1, 0.15) is 12.1 Å². The van der Waals surface area contributed by atoms with Crippen molar-refractivity contribution < 1.29 is 9.59 Å². The van der Waals surface area contributed by atoms with Gasteiger partial charge in [-0.25, -0.2) is 0 Å². The van der Waals surface area contributed by atoms with E-state index in [2.05, 4.69) is 29.7 Å². The highest BCUT2D eigenvalue weighted by Crippen LogP contribution is 2.19. The molecule has 1 aliphatic rings. The van der Waals surface area contributed by atoms with E-state index >= 15 is 0 Å². The number of rotatable bonds is 9. The van der Waals surface area contributed by atoms with E-state index in [1.54, 1.807) is 11.9 Å². The molecule has 7 heteroatoms. The molecular formula is C31H36N4O2S. The summed E-state index contributed by atoms with van der Waals surface area (Å²) >= 11 is 5.70.